The summed E-state index contributed by atoms with van der Waals surface area (Å²) in [6.45, 7) is 1.74. The molecule has 0 saturated carbocycles. The zero-order valence-corrected chi connectivity index (χ0v) is 10.9. The van der Waals surface area contributed by atoms with Crippen molar-refractivity contribution < 1.29 is 23.1 Å². The minimum Gasteiger partial charge on any atom is -0.409 e. The second kappa shape index (κ2) is 5.84. The molecular weight excluding hydrogens is 299 g/mol. The van der Waals surface area contributed by atoms with Crippen LogP contribution < -0.4 is 0 Å². The average molecular weight is 310 g/mol. The summed E-state index contributed by atoms with van der Waals surface area (Å²) >= 11 is 5.82. The molecule has 5 nitrogen and oxygen atoms in total. The summed E-state index contributed by atoms with van der Waals surface area (Å²) in [5, 5.41) is 11.9. The van der Waals surface area contributed by atoms with Gasteiger partial charge >= 0.3 is 6.18 Å². The molecule has 1 aromatic heterocycles. The van der Waals surface area contributed by atoms with E-state index in [-0.39, 0.29) is 16.6 Å². The van der Waals surface area contributed by atoms with Crippen molar-refractivity contribution in [1.29, 1.82) is 0 Å². The number of oxime groups is 1. The van der Waals surface area contributed by atoms with E-state index in [0.717, 1.165) is 6.07 Å². The molecular formula is C11H11ClF3N3O2. The number of alkyl halides is 3. The number of ether oxygens (including phenoxy) is 1. The minimum absolute atomic E-state index is 0.00377. The number of nitrogens with zero attached hydrogens (tertiary/aromatic N) is 3. The van der Waals surface area contributed by atoms with Crippen LogP contribution in [0.2, 0.25) is 5.02 Å². The minimum atomic E-state index is -4.52. The van der Waals surface area contributed by atoms with Crippen LogP contribution in [0.5, 0.6) is 0 Å². The molecule has 0 aromatic carbocycles. The zero-order chi connectivity index (χ0) is 14.8. The van der Waals surface area contributed by atoms with E-state index in [1.165, 1.54) is 0 Å². The summed E-state index contributed by atoms with van der Waals surface area (Å²) in [5.41, 5.74) is -0.949. The largest absolute Gasteiger partial charge is 0.417 e. The molecule has 2 heterocycles. The Balaban J connectivity index is 2.31. The fourth-order valence-electron chi connectivity index (χ4n) is 1.79. The van der Waals surface area contributed by atoms with E-state index in [1.807, 2.05) is 0 Å². The van der Waals surface area contributed by atoms with E-state index >= 15 is 0 Å². The lowest BCUT2D eigenvalue weighted by Gasteiger charge is -2.28. The van der Waals surface area contributed by atoms with Crippen LogP contribution in [0.15, 0.2) is 17.4 Å². The number of aromatic nitrogens is 1. The second-order valence-corrected chi connectivity index (χ2v) is 4.48. The zero-order valence-electron chi connectivity index (χ0n) is 10.2. The third-order valence-electron chi connectivity index (χ3n) is 2.79. The maximum Gasteiger partial charge on any atom is 0.417 e. The SMILES string of the molecule is ON=C(c1ncc(C(F)(F)F)cc1Cl)N1CCOCC1. The Kier molecular flexibility index (Phi) is 4.34. The second-order valence-electron chi connectivity index (χ2n) is 4.08. The van der Waals surface area contributed by atoms with E-state index in [2.05, 4.69) is 10.1 Å². The number of morpholine rings is 1. The van der Waals surface area contributed by atoms with Crippen LogP contribution in [0.3, 0.4) is 0 Å². The monoisotopic (exact) mass is 309 g/mol. The number of amidine groups is 1. The third kappa shape index (κ3) is 3.13. The lowest BCUT2D eigenvalue weighted by atomic mass is 10.2. The molecule has 0 unspecified atom stereocenters. The molecule has 0 spiro atoms. The first-order valence-corrected chi connectivity index (χ1v) is 6.09. The molecule has 0 radical (unpaired) electrons. The van der Waals surface area contributed by atoms with Crippen LogP contribution >= 0.6 is 11.6 Å². The van der Waals surface area contributed by atoms with Gasteiger partial charge in [-0.2, -0.15) is 13.2 Å². The topological polar surface area (TPSA) is 58.0 Å². The van der Waals surface area contributed by atoms with Crippen molar-refractivity contribution in [1.82, 2.24) is 9.88 Å². The first-order valence-electron chi connectivity index (χ1n) is 5.71. The van der Waals surface area contributed by atoms with E-state index < -0.39 is 11.7 Å². The van der Waals surface area contributed by atoms with Crippen LogP contribution in [-0.2, 0) is 10.9 Å². The van der Waals surface area contributed by atoms with Gasteiger partial charge in [0, 0.05) is 19.3 Å². The molecule has 0 amide bonds. The van der Waals surface area contributed by atoms with Gasteiger partial charge in [0.15, 0.2) is 5.84 Å². The molecule has 9 heteroatoms. The molecule has 1 fully saturated rings. The lowest BCUT2D eigenvalue weighted by molar-refractivity contribution is -0.137. The van der Waals surface area contributed by atoms with Gasteiger partial charge in [-0.1, -0.05) is 16.8 Å². The number of halogens is 4. The summed E-state index contributed by atoms with van der Waals surface area (Å²) < 4.78 is 42.7. The third-order valence-corrected chi connectivity index (χ3v) is 3.07. The van der Waals surface area contributed by atoms with Crippen molar-refractivity contribution >= 4 is 17.4 Å². The Bertz CT molecular complexity index is 516. The Labute approximate surface area is 117 Å². The van der Waals surface area contributed by atoms with Gasteiger partial charge in [-0.3, -0.25) is 4.98 Å². The highest BCUT2D eigenvalue weighted by molar-refractivity contribution is 6.33. The van der Waals surface area contributed by atoms with Crippen molar-refractivity contribution in [2.45, 2.75) is 6.18 Å². The molecule has 0 atom stereocenters. The maximum absolute atomic E-state index is 12.5. The van der Waals surface area contributed by atoms with Crippen molar-refractivity contribution in [3.8, 4) is 0 Å². The van der Waals surface area contributed by atoms with E-state index in [4.69, 9.17) is 21.5 Å². The van der Waals surface area contributed by atoms with Gasteiger partial charge in [0.2, 0.25) is 0 Å². The van der Waals surface area contributed by atoms with Crippen LogP contribution in [0, 0.1) is 0 Å². The fourth-order valence-corrected chi connectivity index (χ4v) is 2.04. The predicted octanol–water partition coefficient (Wildman–Crippen LogP) is 2.22. The molecule has 1 aromatic rings. The molecule has 1 aliphatic rings. The van der Waals surface area contributed by atoms with E-state index in [0.29, 0.717) is 32.5 Å². The standard InChI is InChI=1S/C11H11ClF3N3O2/c12-8-5-7(11(13,14)15)6-16-9(8)10(17-19)18-1-3-20-4-2-18/h5-6,19H,1-4H2. The number of pyridine rings is 1. The normalized spacial score (nSPS) is 17.4. The molecule has 1 N–H and O–H groups in total. The van der Waals surface area contributed by atoms with Gasteiger partial charge in [-0.25, -0.2) is 0 Å². The Hall–Kier alpha value is -1.54. The molecule has 0 aliphatic carbocycles. The Morgan fingerprint density at radius 2 is 2.05 bits per heavy atom. The van der Waals surface area contributed by atoms with Gasteiger partial charge in [0.25, 0.3) is 0 Å². The molecule has 20 heavy (non-hydrogen) atoms. The summed E-state index contributed by atoms with van der Waals surface area (Å²) in [5.74, 6) is 0.0343. The van der Waals surface area contributed by atoms with Gasteiger partial charge < -0.3 is 14.8 Å². The molecule has 0 bridgehead atoms. The number of hydrogen-bond acceptors (Lipinski definition) is 4. The van der Waals surface area contributed by atoms with Gasteiger partial charge in [0.05, 0.1) is 23.8 Å². The summed E-state index contributed by atoms with van der Waals surface area (Å²) in [6, 6.07) is 0.759. The van der Waals surface area contributed by atoms with Crippen molar-refractivity contribution in [2.24, 2.45) is 5.16 Å². The van der Waals surface area contributed by atoms with Crippen LogP contribution in [0.4, 0.5) is 13.2 Å². The van der Waals surface area contributed by atoms with E-state index in [9.17, 15) is 13.2 Å². The van der Waals surface area contributed by atoms with Crippen molar-refractivity contribution in [3.63, 3.8) is 0 Å². The highest BCUT2D eigenvalue weighted by Crippen LogP contribution is 2.31. The van der Waals surface area contributed by atoms with Crippen molar-refractivity contribution in [2.75, 3.05) is 26.3 Å². The maximum atomic E-state index is 12.5. The van der Waals surface area contributed by atoms with Crippen LogP contribution in [0.25, 0.3) is 0 Å². The quantitative estimate of drug-likeness (QED) is 0.374. The van der Waals surface area contributed by atoms with Gasteiger partial charge in [-0.15, -0.1) is 0 Å². The summed E-state index contributed by atoms with van der Waals surface area (Å²) in [7, 11) is 0. The Morgan fingerprint density at radius 1 is 1.40 bits per heavy atom. The number of hydrogen-bond donors (Lipinski definition) is 1. The molecule has 2 rings (SSSR count). The fraction of sp³-hybridized carbons (Fsp3) is 0.455. The Morgan fingerprint density at radius 3 is 2.55 bits per heavy atom. The van der Waals surface area contributed by atoms with Crippen molar-refractivity contribution in [3.05, 3.63) is 28.5 Å². The highest BCUT2D eigenvalue weighted by atomic mass is 35.5. The van der Waals surface area contributed by atoms with Gasteiger partial charge in [-0.05, 0) is 6.07 Å². The average Bonchev–Trinajstić information content (AvgIpc) is 2.41. The first kappa shape index (κ1) is 14.9. The summed E-state index contributed by atoms with van der Waals surface area (Å²) in [6.07, 6.45) is -3.86. The van der Waals surface area contributed by atoms with Gasteiger partial charge in [0.1, 0.15) is 5.69 Å². The molecule has 110 valence electrons. The van der Waals surface area contributed by atoms with E-state index in [1.54, 1.807) is 4.90 Å². The summed E-state index contributed by atoms with van der Waals surface area (Å²) in [4.78, 5) is 5.31. The predicted molar refractivity (Wildman–Crippen MR) is 65.0 cm³/mol. The highest BCUT2D eigenvalue weighted by Gasteiger charge is 2.32. The number of rotatable bonds is 1. The smallest absolute Gasteiger partial charge is 0.409 e. The molecule has 1 saturated heterocycles. The van der Waals surface area contributed by atoms with Crippen LogP contribution in [0.1, 0.15) is 11.3 Å². The lowest BCUT2D eigenvalue weighted by Crippen LogP contribution is -2.41. The van der Waals surface area contributed by atoms with Crippen LogP contribution in [-0.4, -0.2) is 47.2 Å². The molecule has 1 aliphatic heterocycles. The first-order chi connectivity index (χ1) is 9.43.